The van der Waals surface area contributed by atoms with Crippen LogP contribution in [0.4, 0.5) is 4.39 Å². The monoisotopic (exact) mass is 318 g/mol. The van der Waals surface area contributed by atoms with Gasteiger partial charge in [-0.2, -0.15) is 0 Å². The van der Waals surface area contributed by atoms with E-state index in [0.29, 0.717) is 5.92 Å². The number of aryl methyl sites for hydroxylation is 1. The van der Waals surface area contributed by atoms with Crippen molar-refractivity contribution in [1.82, 2.24) is 0 Å². The highest BCUT2D eigenvalue weighted by Crippen LogP contribution is 2.42. The highest BCUT2D eigenvalue weighted by molar-refractivity contribution is 5.26. The molecule has 0 atom stereocenters. The van der Waals surface area contributed by atoms with Crippen LogP contribution in [-0.4, -0.2) is 5.67 Å². The van der Waals surface area contributed by atoms with Crippen molar-refractivity contribution in [2.24, 2.45) is 0 Å². The molecule has 0 unspecified atom stereocenters. The molecule has 0 aliphatic heterocycles. The highest BCUT2D eigenvalue weighted by Gasteiger charge is 2.34. The van der Waals surface area contributed by atoms with Crippen molar-refractivity contribution < 1.29 is 4.39 Å². The standard InChI is InChI=1S/C22H35F/c1-3-5-7-9-19-10-12-20(13-11-19)21-14-17-22(23,18-15-21)16-8-6-4-2/h10-13,21H,3-9,14-18H2,1-2H3. The Bertz CT molecular complexity index is 426. The Kier molecular flexibility index (Phi) is 7.59. The van der Waals surface area contributed by atoms with Gasteiger partial charge in [-0.05, 0) is 62.0 Å². The topological polar surface area (TPSA) is 0 Å². The largest absolute Gasteiger partial charge is 0.244 e. The van der Waals surface area contributed by atoms with E-state index in [-0.39, 0.29) is 0 Å². The molecule has 1 aromatic carbocycles. The van der Waals surface area contributed by atoms with Gasteiger partial charge in [0.05, 0.1) is 0 Å². The second-order valence-corrected chi connectivity index (χ2v) is 7.58. The number of rotatable bonds is 9. The summed E-state index contributed by atoms with van der Waals surface area (Å²) in [6.07, 6.45) is 12.9. The molecule has 1 aliphatic rings. The summed E-state index contributed by atoms with van der Waals surface area (Å²) in [7, 11) is 0. The van der Waals surface area contributed by atoms with Gasteiger partial charge in [0.1, 0.15) is 5.67 Å². The number of halogens is 1. The van der Waals surface area contributed by atoms with E-state index in [1.165, 1.54) is 49.7 Å². The first kappa shape index (κ1) is 18.5. The molecule has 1 aliphatic carbocycles. The molecule has 0 heterocycles. The van der Waals surface area contributed by atoms with Crippen LogP contribution in [0.1, 0.15) is 102 Å². The summed E-state index contributed by atoms with van der Waals surface area (Å²) in [5.41, 5.74) is 2.02. The van der Waals surface area contributed by atoms with Gasteiger partial charge in [0.2, 0.25) is 0 Å². The average Bonchev–Trinajstić information content (AvgIpc) is 2.57. The fourth-order valence-electron chi connectivity index (χ4n) is 3.95. The molecule has 0 saturated heterocycles. The Hall–Kier alpha value is -0.850. The maximum Gasteiger partial charge on any atom is 0.111 e. The summed E-state index contributed by atoms with van der Waals surface area (Å²) < 4.78 is 14.8. The summed E-state index contributed by atoms with van der Waals surface area (Å²) >= 11 is 0. The van der Waals surface area contributed by atoms with E-state index in [2.05, 4.69) is 38.1 Å². The average molecular weight is 319 g/mol. The van der Waals surface area contributed by atoms with E-state index in [0.717, 1.165) is 38.5 Å². The number of unbranched alkanes of at least 4 members (excludes halogenated alkanes) is 4. The van der Waals surface area contributed by atoms with E-state index >= 15 is 0 Å². The summed E-state index contributed by atoms with van der Waals surface area (Å²) in [5, 5.41) is 0. The molecule has 2 rings (SSSR count). The fraction of sp³-hybridized carbons (Fsp3) is 0.727. The Labute approximate surface area is 142 Å². The molecule has 0 aromatic heterocycles. The minimum absolute atomic E-state index is 0.578. The lowest BCUT2D eigenvalue weighted by Crippen LogP contribution is -2.28. The molecule has 0 nitrogen and oxygen atoms in total. The normalized spacial score (nSPS) is 24.7. The van der Waals surface area contributed by atoms with E-state index in [1.807, 2.05) is 0 Å². The Morgan fingerprint density at radius 1 is 0.913 bits per heavy atom. The van der Waals surface area contributed by atoms with E-state index < -0.39 is 5.67 Å². The molecule has 1 saturated carbocycles. The van der Waals surface area contributed by atoms with E-state index in [1.54, 1.807) is 0 Å². The zero-order valence-electron chi connectivity index (χ0n) is 15.2. The number of hydrogen-bond acceptors (Lipinski definition) is 0. The highest BCUT2D eigenvalue weighted by atomic mass is 19.1. The molecule has 130 valence electrons. The zero-order chi connectivity index (χ0) is 16.5. The van der Waals surface area contributed by atoms with Crippen molar-refractivity contribution in [3.05, 3.63) is 35.4 Å². The molecular weight excluding hydrogens is 283 g/mol. The van der Waals surface area contributed by atoms with Gasteiger partial charge in [0.15, 0.2) is 0 Å². The smallest absolute Gasteiger partial charge is 0.111 e. The Morgan fingerprint density at radius 2 is 1.52 bits per heavy atom. The second-order valence-electron chi connectivity index (χ2n) is 7.58. The van der Waals surface area contributed by atoms with Crippen LogP contribution in [0.25, 0.3) is 0 Å². The van der Waals surface area contributed by atoms with E-state index in [4.69, 9.17) is 0 Å². The van der Waals surface area contributed by atoms with Gasteiger partial charge in [-0.1, -0.05) is 70.2 Å². The summed E-state index contributed by atoms with van der Waals surface area (Å²) in [6.45, 7) is 4.44. The number of benzene rings is 1. The van der Waals surface area contributed by atoms with Crippen molar-refractivity contribution >= 4 is 0 Å². The molecular formula is C22H35F. The Balaban J connectivity index is 1.80. The van der Waals surface area contributed by atoms with Crippen molar-refractivity contribution in [3.8, 4) is 0 Å². The molecule has 0 spiro atoms. The van der Waals surface area contributed by atoms with Crippen LogP contribution in [0.2, 0.25) is 0 Å². The predicted octanol–water partition coefficient (Wildman–Crippen LogP) is 7.37. The Morgan fingerprint density at radius 3 is 2.13 bits per heavy atom. The van der Waals surface area contributed by atoms with Crippen molar-refractivity contribution in [3.63, 3.8) is 0 Å². The van der Waals surface area contributed by atoms with Gasteiger partial charge in [0, 0.05) is 0 Å². The van der Waals surface area contributed by atoms with Gasteiger partial charge >= 0.3 is 0 Å². The van der Waals surface area contributed by atoms with Crippen molar-refractivity contribution in [2.45, 2.75) is 102 Å². The molecule has 0 bridgehead atoms. The lowest BCUT2D eigenvalue weighted by Gasteiger charge is -2.34. The van der Waals surface area contributed by atoms with Gasteiger partial charge in [-0.3, -0.25) is 0 Å². The van der Waals surface area contributed by atoms with Gasteiger partial charge in [0.25, 0.3) is 0 Å². The third-order valence-corrected chi connectivity index (χ3v) is 5.63. The van der Waals surface area contributed by atoms with Crippen LogP contribution < -0.4 is 0 Å². The first-order valence-electron chi connectivity index (χ1n) is 9.94. The van der Waals surface area contributed by atoms with E-state index in [9.17, 15) is 4.39 Å². The molecule has 1 fully saturated rings. The van der Waals surface area contributed by atoms with Crippen LogP contribution in [-0.2, 0) is 6.42 Å². The third-order valence-electron chi connectivity index (χ3n) is 5.63. The van der Waals surface area contributed by atoms with Crippen LogP contribution in [0.15, 0.2) is 24.3 Å². The van der Waals surface area contributed by atoms with Crippen LogP contribution in [0.5, 0.6) is 0 Å². The number of hydrogen-bond donors (Lipinski definition) is 0. The van der Waals surface area contributed by atoms with Gasteiger partial charge < -0.3 is 0 Å². The molecule has 0 radical (unpaired) electrons. The molecule has 0 amide bonds. The first-order chi connectivity index (χ1) is 11.2. The molecule has 0 N–H and O–H groups in total. The summed E-state index contributed by atoms with van der Waals surface area (Å²) in [5.74, 6) is 0.578. The fourth-order valence-corrected chi connectivity index (χ4v) is 3.95. The minimum atomic E-state index is -0.869. The maximum atomic E-state index is 14.8. The predicted molar refractivity (Wildman–Crippen MR) is 98.9 cm³/mol. The van der Waals surface area contributed by atoms with Crippen LogP contribution >= 0.6 is 0 Å². The lowest BCUT2D eigenvalue weighted by molar-refractivity contribution is 0.0851. The first-order valence-corrected chi connectivity index (χ1v) is 9.94. The third kappa shape index (κ3) is 5.94. The van der Waals surface area contributed by atoms with Gasteiger partial charge in [-0.15, -0.1) is 0 Å². The zero-order valence-corrected chi connectivity index (χ0v) is 15.2. The molecule has 1 aromatic rings. The van der Waals surface area contributed by atoms with Crippen molar-refractivity contribution in [1.29, 1.82) is 0 Å². The van der Waals surface area contributed by atoms with Gasteiger partial charge in [-0.25, -0.2) is 4.39 Å². The second kappa shape index (κ2) is 9.45. The molecule has 23 heavy (non-hydrogen) atoms. The summed E-state index contributed by atoms with van der Waals surface area (Å²) in [4.78, 5) is 0. The van der Waals surface area contributed by atoms with Crippen LogP contribution in [0.3, 0.4) is 0 Å². The number of alkyl halides is 1. The van der Waals surface area contributed by atoms with Crippen molar-refractivity contribution in [2.75, 3.05) is 0 Å². The quantitative estimate of drug-likeness (QED) is 0.417. The minimum Gasteiger partial charge on any atom is -0.244 e. The lowest BCUT2D eigenvalue weighted by atomic mass is 9.75. The van der Waals surface area contributed by atoms with Crippen LogP contribution in [0, 0.1) is 0 Å². The maximum absolute atomic E-state index is 14.8. The summed E-state index contributed by atoms with van der Waals surface area (Å²) in [6, 6.07) is 9.19. The SMILES string of the molecule is CCCCCc1ccc(C2CCC(F)(CCCCC)CC2)cc1. The molecule has 1 heteroatoms.